The summed E-state index contributed by atoms with van der Waals surface area (Å²) >= 11 is 0. The Kier molecular flexibility index (Phi) is 3.66. The zero-order valence-corrected chi connectivity index (χ0v) is 10.2. The summed E-state index contributed by atoms with van der Waals surface area (Å²) in [5.74, 6) is 0.00883. The van der Waals surface area contributed by atoms with Gasteiger partial charge in [0.2, 0.25) is 11.8 Å². The zero-order chi connectivity index (χ0) is 10.8. The minimum absolute atomic E-state index is 0.00441. The highest BCUT2D eigenvalue weighted by Crippen LogP contribution is 2.12. The first kappa shape index (κ1) is 12.2. The Morgan fingerprint density at radius 1 is 0.923 bits per heavy atom. The Morgan fingerprint density at radius 2 is 1.15 bits per heavy atom. The van der Waals surface area contributed by atoms with Crippen LogP contribution in [0.5, 0.6) is 0 Å². The third-order valence-corrected chi connectivity index (χ3v) is 6.50. The van der Waals surface area contributed by atoms with Crippen LogP contribution >= 0.6 is 0 Å². The molecule has 0 aromatic carbocycles. The standard InChI is InChI=1S/C8H18N2O2Si/c1-7(11)9(3)13(5,6)10(4)8(2)12/h1-6H3. The Morgan fingerprint density at radius 3 is 1.31 bits per heavy atom. The number of amides is 2. The van der Waals surface area contributed by atoms with Crippen molar-refractivity contribution in [1.29, 1.82) is 0 Å². The van der Waals surface area contributed by atoms with Crippen molar-refractivity contribution in [3.8, 4) is 0 Å². The van der Waals surface area contributed by atoms with Gasteiger partial charge in [-0.05, 0) is 13.1 Å². The normalized spacial score (nSPS) is 10.9. The maximum Gasteiger partial charge on any atom is 0.261 e. The van der Waals surface area contributed by atoms with Crippen LogP contribution in [0.3, 0.4) is 0 Å². The molecule has 0 saturated heterocycles. The molecule has 0 saturated carbocycles. The number of hydrogen-bond donors (Lipinski definition) is 0. The Labute approximate surface area is 80.7 Å². The van der Waals surface area contributed by atoms with E-state index in [2.05, 4.69) is 0 Å². The second kappa shape index (κ2) is 3.91. The number of carbonyl (C=O) groups excluding carboxylic acids is 2. The van der Waals surface area contributed by atoms with Crippen molar-refractivity contribution < 1.29 is 9.59 Å². The molecule has 13 heavy (non-hydrogen) atoms. The van der Waals surface area contributed by atoms with E-state index in [1.807, 2.05) is 13.1 Å². The van der Waals surface area contributed by atoms with Gasteiger partial charge in [-0.15, -0.1) is 0 Å². The van der Waals surface area contributed by atoms with E-state index in [-0.39, 0.29) is 11.8 Å². The van der Waals surface area contributed by atoms with E-state index in [4.69, 9.17) is 0 Å². The van der Waals surface area contributed by atoms with Gasteiger partial charge in [0.15, 0.2) is 0 Å². The summed E-state index contributed by atoms with van der Waals surface area (Å²) in [4.78, 5) is 22.3. The van der Waals surface area contributed by atoms with Gasteiger partial charge in [-0.3, -0.25) is 9.59 Å². The number of nitrogens with zero attached hydrogens (tertiary/aromatic N) is 2. The van der Waals surface area contributed by atoms with E-state index in [9.17, 15) is 9.59 Å². The molecule has 0 spiro atoms. The second-order valence-corrected chi connectivity index (χ2v) is 7.98. The average molecular weight is 202 g/mol. The molecule has 2 amide bonds. The molecule has 0 aliphatic rings. The lowest BCUT2D eigenvalue weighted by atomic mass is 10.7. The molecular weight excluding hydrogens is 184 g/mol. The lowest BCUT2D eigenvalue weighted by Gasteiger charge is -2.39. The fourth-order valence-electron chi connectivity index (χ4n) is 0.996. The third-order valence-electron chi connectivity index (χ3n) is 2.59. The smallest absolute Gasteiger partial charge is 0.261 e. The van der Waals surface area contributed by atoms with E-state index < -0.39 is 8.40 Å². The zero-order valence-electron chi connectivity index (χ0n) is 9.21. The predicted octanol–water partition coefficient (Wildman–Crippen LogP) is 0.645. The molecule has 0 bridgehead atoms. The fraction of sp³-hybridized carbons (Fsp3) is 0.750. The first-order valence-corrected chi connectivity index (χ1v) is 7.09. The summed E-state index contributed by atoms with van der Waals surface area (Å²) in [5, 5.41) is 0. The summed E-state index contributed by atoms with van der Waals surface area (Å²) in [7, 11) is 1.42. The molecule has 0 unspecified atom stereocenters. The Balaban J connectivity index is 4.74. The highest BCUT2D eigenvalue weighted by molar-refractivity contribution is 6.75. The van der Waals surface area contributed by atoms with E-state index in [1.54, 1.807) is 23.2 Å². The highest BCUT2D eigenvalue weighted by atomic mass is 28.3. The molecule has 0 aliphatic heterocycles. The molecule has 0 aromatic heterocycles. The van der Waals surface area contributed by atoms with Crippen molar-refractivity contribution in [1.82, 2.24) is 9.13 Å². The van der Waals surface area contributed by atoms with E-state index >= 15 is 0 Å². The van der Waals surface area contributed by atoms with Gasteiger partial charge in [0.25, 0.3) is 8.40 Å². The maximum atomic E-state index is 11.1. The van der Waals surface area contributed by atoms with Crippen molar-refractivity contribution >= 4 is 20.2 Å². The lowest BCUT2D eigenvalue weighted by Crippen LogP contribution is -2.61. The molecule has 0 heterocycles. The SMILES string of the molecule is CC(=O)N(C)[Si](C)(C)N(C)C(C)=O. The van der Waals surface area contributed by atoms with Gasteiger partial charge in [0.1, 0.15) is 0 Å². The summed E-state index contributed by atoms with van der Waals surface area (Å²) in [5.41, 5.74) is 0. The topological polar surface area (TPSA) is 40.6 Å². The van der Waals surface area contributed by atoms with Crippen LogP contribution in [0.2, 0.25) is 13.1 Å². The van der Waals surface area contributed by atoms with Gasteiger partial charge in [-0.25, -0.2) is 0 Å². The first-order chi connectivity index (χ1) is 5.71. The van der Waals surface area contributed by atoms with Crippen molar-refractivity contribution in [3.05, 3.63) is 0 Å². The van der Waals surface area contributed by atoms with Crippen LogP contribution in [0.25, 0.3) is 0 Å². The second-order valence-electron chi connectivity index (χ2n) is 3.65. The molecule has 0 rings (SSSR count). The van der Waals surface area contributed by atoms with Crippen molar-refractivity contribution in [2.45, 2.75) is 26.9 Å². The van der Waals surface area contributed by atoms with Crippen LogP contribution in [0.15, 0.2) is 0 Å². The minimum atomic E-state index is -2.07. The summed E-state index contributed by atoms with van der Waals surface area (Å²) in [6, 6.07) is 0. The van der Waals surface area contributed by atoms with Crippen LogP contribution < -0.4 is 0 Å². The van der Waals surface area contributed by atoms with Gasteiger partial charge in [0, 0.05) is 27.9 Å². The van der Waals surface area contributed by atoms with Crippen LogP contribution in [-0.4, -0.2) is 43.4 Å². The van der Waals surface area contributed by atoms with E-state index in [1.165, 1.54) is 13.8 Å². The van der Waals surface area contributed by atoms with Crippen LogP contribution in [0.1, 0.15) is 13.8 Å². The number of hydrogen-bond acceptors (Lipinski definition) is 2. The third kappa shape index (κ3) is 2.55. The van der Waals surface area contributed by atoms with Gasteiger partial charge in [-0.2, -0.15) is 0 Å². The van der Waals surface area contributed by atoms with E-state index in [0.717, 1.165) is 0 Å². The largest absolute Gasteiger partial charge is 0.355 e. The molecule has 0 fully saturated rings. The molecule has 4 nitrogen and oxygen atoms in total. The lowest BCUT2D eigenvalue weighted by molar-refractivity contribution is -0.126. The predicted molar refractivity (Wildman–Crippen MR) is 54.4 cm³/mol. The number of carbonyl (C=O) groups is 2. The van der Waals surface area contributed by atoms with Crippen LogP contribution in [-0.2, 0) is 9.59 Å². The molecule has 76 valence electrons. The average Bonchev–Trinajstić information content (AvgIpc) is 2.01. The minimum Gasteiger partial charge on any atom is -0.355 e. The molecular formula is C8H18N2O2Si. The maximum absolute atomic E-state index is 11.1. The van der Waals surface area contributed by atoms with Gasteiger partial charge < -0.3 is 9.13 Å². The summed E-state index contributed by atoms with van der Waals surface area (Å²) in [6.07, 6.45) is 0. The van der Waals surface area contributed by atoms with Crippen LogP contribution in [0, 0.1) is 0 Å². The molecule has 0 aromatic rings. The monoisotopic (exact) mass is 202 g/mol. The molecule has 0 atom stereocenters. The summed E-state index contributed by atoms with van der Waals surface area (Å²) < 4.78 is 3.35. The summed E-state index contributed by atoms with van der Waals surface area (Å²) in [6.45, 7) is 6.97. The molecule has 0 N–H and O–H groups in total. The van der Waals surface area contributed by atoms with Gasteiger partial charge >= 0.3 is 0 Å². The molecule has 0 radical (unpaired) electrons. The fourth-order valence-corrected chi connectivity index (χ4v) is 2.99. The number of rotatable bonds is 2. The Hall–Kier alpha value is -0.843. The first-order valence-electron chi connectivity index (χ1n) is 4.20. The highest BCUT2D eigenvalue weighted by Gasteiger charge is 2.35. The molecule has 5 heteroatoms. The van der Waals surface area contributed by atoms with Gasteiger partial charge in [0.05, 0.1) is 0 Å². The quantitative estimate of drug-likeness (QED) is 0.617. The van der Waals surface area contributed by atoms with Crippen molar-refractivity contribution in [2.75, 3.05) is 14.1 Å². The van der Waals surface area contributed by atoms with Crippen molar-refractivity contribution in [3.63, 3.8) is 0 Å². The van der Waals surface area contributed by atoms with Gasteiger partial charge in [-0.1, -0.05) is 0 Å². The van der Waals surface area contributed by atoms with Crippen molar-refractivity contribution in [2.24, 2.45) is 0 Å². The van der Waals surface area contributed by atoms with Crippen LogP contribution in [0.4, 0.5) is 0 Å². The molecule has 0 aliphatic carbocycles. The Bertz CT molecular complexity index is 206. The van der Waals surface area contributed by atoms with E-state index in [0.29, 0.717) is 0 Å².